The van der Waals surface area contributed by atoms with Gasteiger partial charge in [0.05, 0.1) is 6.54 Å². The second-order valence-corrected chi connectivity index (χ2v) is 18.4. The lowest BCUT2D eigenvalue weighted by molar-refractivity contribution is -0.146. The number of rotatable bonds is 27. The van der Waals surface area contributed by atoms with Crippen LogP contribution in [0.15, 0.2) is 60.8 Å². The van der Waals surface area contributed by atoms with Crippen LogP contribution in [0.4, 0.5) is 0 Å². The zero-order valence-electron chi connectivity index (χ0n) is 39.6. The van der Waals surface area contributed by atoms with Gasteiger partial charge in [-0.05, 0) is 95.0 Å². The van der Waals surface area contributed by atoms with Crippen LogP contribution >= 0.6 is 11.8 Å². The van der Waals surface area contributed by atoms with Gasteiger partial charge >= 0.3 is 0 Å². The maximum absolute atomic E-state index is 14.4. The number of fused-ring (bicyclic) bond motifs is 1. The minimum absolute atomic E-state index is 0.0154. The monoisotopic (exact) mass is 962 g/mol. The van der Waals surface area contributed by atoms with Gasteiger partial charge in [-0.25, -0.2) is 0 Å². The molecule has 1 aliphatic rings. The Balaban J connectivity index is 1.54. The number of benzene rings is 2. The molecule has 1 aliphatic carbocycles. The van der Waals surface area contributed by atoms with Crippen LogP contribution in [-0.2, 0) is 51.2 Å². The third kappa shape index (κ3) is 16.4. The number of nitrogens with one attached hydrogen (secondary N) is 7. The highest BCUT2D eigenvalue weighted by Crippen LogP contribution is 2.26. The zero-order chi connectivity index (χ0) is 49.8. The Hall–Kier alpha value is -5.99. The zero-order valence-corrected chi connectivity index (χ0v) is 40.5. The van der Waals surface area contributed by atoms with E-state index in [2.05, 4.69) is 36.9 Å². The van der Waals surface area contributed by atoms with E-state index in [1.165, 1.54) is 30.5 Å². The second-order valence-electron chi connectivity index (χ2n) is 17.4. The molecule has 20 heteroatoms. The second kappa shape index (κ2) is 27.7. The molecular weight excluding hydrogens is 891 g/mol. The van der Waals surface area contributed by atoms with E-state index in [4.69, 9.17) is 17.2 Å². The fraction of sp³-hybridized carbons (Fsp3) is 0.542. The Kier molecular flexibility index (Phi) is 22.3. The molecule has 0 unspecified atom stereocenters. The Morgan fingerprint density at radius 1 is 0.676 bits per heavy atom. The highest BCUT2D eigenvalue weighted by atomic mass is 32.2. The first-order valence-electron chi connectivity index (χ1n) is 23.5. The highest BCUT2D eigenvalue weighted by Gasteiger charge is 2.38. The summed E-state index contributed by atoms with van der Waals surface area (Å²) in [4.78, 5) is 113. The van der Waals surface area contributed by atoms with E-state index in [1.807, 2.05) is 36.6 Å². The maximum atomic E-state index is 14.4. The summed E-state index contributed by atoms with van der Waals surface area (Å²) >= 11 is 1.50. The Labute approximate surface area is 402 Å². The molecule has 0 spiro atoms. The van der Waals surface area contributed by atoms with E-state index >= 15 is 0 Å². The van der Waals surface area contributed by atoms with E-state index in [0.717, 1.165) is 35.7 Å². The number of para-hydroxylation sites is 1. The number of primary amides is 1. The number of carbonyl (C=O) groups is 8. The molecule has 68 heavy (non-hydrogen) atoms. The van der Waals surface area contributed by atoms with Gasteiger partial charge in [-0.1, -0.05) is 67.8 Å². The van der Waals surface area contributed by atoms with Gasteiger partial charge in [0.1, 0.15) is 42.3 Å². The minimum Gasteiger partial charge on any atom is -0.368 e. The summed E-state index contributed by atoms with van der Waals surface area (Å²) in [5.41, 5.74) is 19.1. The molecule has 1 fully saturated rings. The summed E-state index contributed by atoms with van der Waals surface area (Å²) in [6.45, 7) is 4.64. The predicted octanol–water partition coefficient (Wildman–Crippen LogP) is 0.778. The van der Waals surface area contributed by atoms with Gasteiger partial charge in [0.15, 0.2) is 0 Å². The summed E-state index contributed by atoms with van der Waals surface area (Å²) in [5.74, 6) is -4.42. The average Bonchev–Trinajstić information content (AvgIpc) is 3.74. The number of hydrogen-bond donors (Lipinski definition) is 10. The maximum Gasteiger partial charge on any atom is 0.245 e. The van der Waals surface area contributed by atoms with E-state index in [9.17, 15) is 38.4 Å². The van der Waals surface area contributed by atoms with Crippen molar-refractivity contribution < 1.29 is 38.4 Å². The molecule has 0 bridgehead atoms. The van der Waals surface area contributed by atoms with Crippen LogP contribution in [0, 0.1) is 0 Å². The molecule has 2 aromatic carbocycles. The first kappa shape index (κ1) is 54.6. The van der Waals surface area contributed by atoms with E-state index in [1.54, 1.807) is 37.4 Å². The standard InChI is InChI=1S/C48H71N11O8S/c1-29(53-44(63)31(3)59(34-17-9-6-10-18-34)48(67)30(2)54-45(64)38(22-24-68-4)55-41(60)27-50)43(62)57-39(25-32-15-7-5-8-16-32)46(65)58-40(26-33-28-52-36-20-12-11-19-35(33)36)47(66)56-37(42(51)61)21-13-14-23-49/h5,7-8,11-12,15-16,19-20,28-31,34,37-40,52H,6,9-10,13-14,17-18,21-27,49-50H2,1-4H3,(H2,51,61)(H,53,63)(H,54,64)(H,55,60)(H,56,66)(H,57,62)(H,58,65)/t29-,30-,31-,37-,38-,39-,40+/m0/s1. The van der Waals surface area contributed by atoms with Crippen molar-refractivity contribution >= 4 is 69.9 Å². The number of aromatic nitrogens is 1. The van der Waals surface area contributed by atoms with Gasteiger partial charge in [-0.2, -0.15) is 11.8 Å². The summed E-state index contributed by atoms with van der Waals surface area (Å²) in [7, 11) is 0. The molecule has 1 saturated carbocycles. The lowest BCUT2D eigenvalue weighted by Crippen LogP contribution is -2.61. The average molecular weight is 962 g/mol. The van der Waals surface area contributed by atoms with Crippen molar-refractivity contribution in [1.82, 2.24) is 41.8 Å². The number of thioether (sulfide) groups is 1. The number of H-pyrrole nitrogens is 1. The van der Waals surface area contributed by atoms with Gasteiger partial charge in [-0.15, -0.1) is 0 Å². The number of carbonyl (C=O) groups excluding carboxylic acids is 8. The van der Waals surface area contributed by atoms with Gasteiger partial charge in [-0.3, -0.25) is 38.4 Å². The van der Waals surface area contributed by atoms with Crippen LogP contribution in [0.3, 0.4) is 0 Å². The van der Waals surface area contributed by atoms with Crippen LogP contribution in [0.25, 0.3) is 10.9 Å². The predicted molar refractivity (Wildman–Crippen MR) is 262 cm³/mol. The SMILES string of the molecule is CSCC[C@H](NC(=O)CN)C(=O)N[C@@H](C)C(=O)N(C1CCCCC1)[C@@H](C)C(=O)N[C@@H](C)C(=O)N[C@@H](Cc1ccccc1)C(=O)N[C@H](Cc1c[nH]c2ccccc12)C(=O)N[C@@H](CCCCN)C(N)=O. The highest BCUT2D eigenvalue weighted by molar-refractivity contribution is 7.98. The molecule has 0 radical (unpaired) electrons. The Morgan fingerprint density at radius 2 is 1.28 bits per heavy atom. The molecule has 1 heterocycles. The topological polar surface area (TPSA) is 306 Å². The number of unbranched alkanes of at least 4 members (excludes halogenated alkanes) is 1. The summed E-state index contributed by atoms with van der Waals surface area (Å²) in [5, 5.41) is 17.2. The molecule has 1 aromatic heterocycles. The summed E-state index contributed by atoms with van der Waals surface area (Å²) < 4.78 is 0. The number of nitrogens with two attached hydrogens (primary N) is 3. The number of nitrogens with zero attached hydrogens (tertiary/aromatic N) is 1. The largest absolute Gasteiger partial charge is 0.368 e. The third-order valence-corrected chi connectivity index (χ3v) is 12.8. The molecule has 7 atom stereocenters. The number of aromatic amines is 1. The summed E-state index contributed by atoms with van der Waals surface area (Å²) in [6, 6.07) is 8.38. The van der Waals surface area contributed by atoms with Crippen molar-refractivity contribution in [3.05, 3.63) is 71.9 Å². The molecule has 0 saturated heterocycles. The van der Waals surface area contributed by atoms with E-state index in [-0.39, 0.29) is 31.8 Å². The van der Waals surface area contributed by atoms with Crippen LogP contribution in [-0.4, -0.2) is 131 Å². The normalized spacial score (nSPS) is 15.9. The van der Waals surface area contributed by atoms with Crippen molar-refractivity contribution in [3.8, 4) is 0 Å². The first-order chi connectivity index (χ1) is 32.6. The number of amides is 8. The molecule has 3 aromatic rings. The Bertz CT molecular complexity index is 2170. The molecule has 0 aliphatic heterocycles. The quantitative estimate of drug-likeness (QED) is 0.0476. The van der Waals surface area contributed by atoms with E-state index in [0.29, 0.717) is 50.0 Å². The van der Waals surface area contributed by atoms with Gasteiger partial charge < -0.3 is 59.0 Å². The lowest BCUT2D eigenvalue weighted by Gasteiger charge is -2.39. The van der Waals surface area contributed by atoms with Gasteiger partial charge in [0.2, 0.25) is 47.3 Å². The molecule has 372 valence electrons. The van der Waals surface area contributed by atoms with Crippen molar-refractivity contribution in [1.29, 1.82) is 0 Å². The fourth-order valence-corrected chi connectivity index (χ4v) is 8.81. The Morgan fingerprint density at radius 3 is 1.93 bits per heavy atom. The minimum atomic E-state index is -1.24. The van der Waals surface area contributed by atoms with Crippen LogP contribution in [0.5, 0.6) is 0 Å². The molecule has 19 nitrogen and oxygen atoms in total. The first-order valence-corrected chi connectivity index (χ1v) is 24.9. The third-order valence-electron chi connectivity index (χ3n) is 12.2. The van der Waals surface area contributed by atoms with Crippen LogP contribution in [0.2, 0.25) is 0 Å². The molecular formula is C48H71N11O8S. The van der Waals surface area contributed by atoms with Crippen molar-refractivity contribution in [2.24, 2.45) is 17.2 Å². The lowest BCUT2D eigenvalue weighted by atomic mass is 9.92. The molecule has 8 amide bonds. The smallest absolute Gasteiger partial charge is 0.245 e. The van der Waals surface area contributed by atoms with Crippen molar-refractivity contribution in [2.45, 2.75) is 140 Å². The van der Waals surface area contributed by atoms with Crippen LogP contribution < -0.4 is 49.1 Å². The van der Waals surface area contributed by atoms with E-state index < -0.39 is 89.6 Å². The van der Waals surface area contributed by atoms with Gasteiger partial charge in [0, 0.05) is 36.0 Å². The summed E-state index contributed by atoms with van der Waals surface area (Å²) in [6.07, 6.45) is 9.26. The molecule has 4 rings (SSSR count). The number of hydrogen-bond acceptors (Lipinski definition) is 11. The van der Waals surface area contributed by atoms with Crippen LogP contribution in [0.1, 0.15) is 89.7 Å². The van der Waals surface area contributed by atoms with Crippen molar-refractivity contribution in [2.75, 3.05) is 25.1 Å². The van der Waals surface area contributed by atoms with Crippen molar-refractivity contribution in [3.63, 3.8) is 0 Å². The van der Waals surface area contributed by atoms with Gasteiger partial charge in [0.25, 0.3) is 0 Å². The molecule has 13 N–H and O–H groups in total. The fourth-order valence-electron chi connectivity index (χ4n) is 8.34.